The predicted octanol–water partition coefficient (Wildman–Crippen LogP) is 2.02. The fourth-order valence-electron chi connectivity index (χ4n) is 2.76. The van der Waals surface area contributed by atoms with E-state index in [1.807, 2.05) is 30.3 Å². The number of hydrogen-bond acceptors (Lipinski definition) is 3. The largest absolute Gasteiger partial charge is 0.479 e. The second kappa shape index (κ2) is 5.52. The predicted molar refractivity (Wildman–Crippen MR) is 80.2 cm³/mol. The quantitative estimate of drug-likeness (QED) is 0.909. The third-order valence-corrected chi connectivity index (χ3v) is 3.81. The van der Waals surface area contributed by atoms with E-state index < -0.39 is 12.1 Å². The Morgan fingerprint density at radius 2 is 1.86 bits per heavy atom. The first-order chi connectivity index (χ1) is 10.6. The van der Waals surface area contributed by atoms with Crippen molar-refractivity contribution in [1.29, 1.82) is 0 Å². The van der Waals surface area contributed by atoms with Crippen LogP contribution in [0.3, 0.4) is 0 Å². The first-order valence-electron chi connectivity index (χ1n) is 6.92. The van der Waals surface area contributed by atoms with Crippen LogP contribution in [0.15, 0.2) is 48.5 Å². The second-order valence-electron chi connectivity index (χ2n) is 5.10. The van der Waals surface area contributed by atoms with Gasteiger partial charge in [-0.15, -0.1) is 0 Å². The number of carbonyl (C=O) groups excluding carboxylic acids is 1. The molecule has 0 aromatic heterocycles. The Bertz CT molecular complexity index is 727. The molecule has 2 N–H and O–H groups in total. The van der Waals surface area contributed by atoms with Crippen LogP contribution in [0.5, 0.6) is 5.75 Å². The number of amides is 1. The molecule has 0 bridgehead atoms. The zero-order valence-electron chi connectivity index (χ0n) is 11.9. The summed E-state index contributed by atoms with van der Waals surface area (Å²) in [5, 5.41) is 11.8. The van der Waals surface area contributed by atoms with Gasteiger partial charge in [-0.3, -0.25) is 4.79 Å². The van der Waals surface area contributed by atoms with Gasteiger partial charge in [0.1, 0.15) is 5.75 Å². The number of nitrogens with one attached hydrogen (secondary N) is 1. The van der Waals surface area contributed by atoms with Gasteiger partial charge in [0.15, 0.2) is 6.10 Å². The normalized spacial score (nSPS) is 19.1. The van der Waals surface area contributed by atoms with E-state index in [1.54, 1.807) is 19.2 Å². The molecule has 5 nitrogen and oxygen atoms in total. The molecular weight excluding hydrogens is 282 g/mol. The van der Waals surface area contributed by atoms with Gasteiger partial charge in [0.05, 0.1) is 11.5 Å². The number of ether oxygens (including phenoxy) is 1. The fraction of sp³-hybridized carbons (Fsp3) is 0.176. The average molecular weight is 297 g/mol. The van der Waals surface area contributed by atoms with Crippen molar-refractivity contribution in [2.24, 2.45) is 0 Å². The highest BCUT2D eigenvalue weighted by Gasteiger charge is 2.40. The number of fused-ring (bicyclic) bond motifs is 1. The van der Waals surface area contributed by atoms with Crippen molar-refractivity contribution < 1.29 is 19.4 Å². The van der Waals surface area contributed by atoms with E-state index in [9.17, 15) is 14.7 Å². The minimum absolute atomic E-state index is 0.181. The molecular formula is C17H15NO4. The number of likely N-dealkylation sites (N-methyl/N-ethyl adjacent to an activating group) is 1. The van der Waals surface area contributed by atoms with E-state index in [0.29, 0.717) is 5.75 Å². The van der Waals surface area contributed by atoms with E-state index in [4.69, 9.17) is 4.74 Å². The maximum absolute atomic E-state index is 12.1. The van der Waals surface area contributed by atoms with Crippen molar-refractivity contribution in [2.45, 2.75) is 12.0 Å². The Hall–Kier alpha value is -2.82. The van der Waals surface area contributed by atoms with Crippen molar-refractivity contribution in [3.05, 3.63) is 65.2 Å². The van der Waals surface area contributed by atoms with Crippen LogP contribution in [-0.2, 0) is 4.79 Å². The molecule has 2 unspecified atom stereocenters. The number of aromatic carboxylic acids is 1. The summed E-state index contributed by atoms with van der Waals surface area (Å²) >= 11 is 0. The third-order valence-electron chi connectivity index (χ3n) is 3.81. The molecule has 2 aromatic carbocycles. The van der Waals surface area contributed by atoms with Gasteiger partial charge in [-0.25, -0.2) is 4.79 Å². The second-order valence-corrected chi connectivity index (χ2v) is 5.10. The van der Waals surface area contributed by atoms with Crippen LogP contribution in [0.2, 0.25) is 0 Å². The number of carbonyl (C=O) groups is 2. The lowest BCUT2D eigenvalue weighted by Crippen LogP contribution is -2.37. The Morgan fingerprint density at radius 1 is 1.14 bits per heavy atom. The van der Waals surface area contributed by atoms with E-state index in [0.717, 1.165) is 11.1 Å². The summed E-state index contributed by atoms with van der Waals surface area (Å²) in [4.78, 5) is 23.3. The number of carboxylic acid groups (broad SMARTS) is 1. The first kappa shape index (κ1) is 14.1. The Morgan fingerprint density at radius 3 is 2.50 bits per heavy atom. The van der Waals surface area contributed by atoms with Crippen molar-refractivity contribution in [2.75, 3.05) is 7.05 Å². The van der Waals surface area contributed by atoms with Crippen LogP contribution in [0.4, 0.5) is 0 Å². The molecule has 2 aromatic rings. The van der Waals surface area contributed by atoms with E-state index in [1.165, 1.54) is 6.07 Å². The van der Waals surface area contributed by atoms with Crippen molar-refractivity contribution >= 4 is 11.9 Å². The van der Waals surface area contributed by atoms with Crippen LogP contribution in [0, 0.1) is 0 Å². The van der Waals surface area contributed by atoms with Crippen molar-refractivity contribution in [1.82, 2.24) is 5.32 Å². The molecule has 5 heteroatoms. The molecule has 0 saturated carbocycles. The maximum atomic E-state index is 12.1. The number of rotatable bonds is 3. The molecule has 22 heavy (non-hydrogen) atoms. The highest BCUT2D eigenvalue weighted by Crippen LogP contribution is 2.42. The maximum Gasteiger partial charge on any atom is 0.335 e. The van der Waals surface area contributed by atoms with E-state index in [2.05, 4.69) is 5.32 Å². The first-order valence-corrected chi connectivity index (χ1v) is 6.92. The highest BCUT2D eigenvalue weighted by atomic mass is 16.5. The van der Waals surface area contributed by atoms with Gasteiger partial charge >= 0.3 is 5.97 Å². The SMILES string of the molecule is CNC(=O)C1Oc2ccc(C(=O)O)cc2C1c1ccccc1. The van der Waals surface area contributed by atoms with Gasteiger partial charge in [0.2, 0.25) is 0 Å². The minimum Gasteiger partial charge on any atom is -0.479 e. The molecule has 0 radical (unpaired) electrons. The van der Waals surface area contributed by atoms with Gasteiger partial charge < -0.3 is 15.2 Å². The van der Waals surface area contributed by atoms with Gasteiger partial charge in [-0.1, -0.05) is 30.3 Å². The summed E-state index contributed by atoms with van der Waals surface area (Å²) in [6.07, 6.45) is -0.702. The van der Waals surface area contributed by atoms with E-state index >= 15 is 0 Å². The molecule has 1 heterocycles. The van der Waals surface area contributed by atoms with Crippen LogP contribution in [0.1, 0.15) is 27.4 Å². The summed E-state index contributed by atoms with van der Waals surface area (Å²) < 4.78 is 5.76. The lowest BCUT2D eigenvalue weighted by Gasteiger charge is -2.18. The summed E-state index contributed by atoms with van der Waals surface area (Å²) in [6.45, 7) is 0. The van der Waals surface area contributed by atoms with Gasteiger partial charge in [-0.2, -0.15) is 0 Å². The van der Waals surface area contributed by atoms with Crippen LogP contribution < -0.4 is 10.1 Å². The molecule has 2 atom stereocenters. The Balaban J connectivity index is 2.12. The minimum atomic E-state index is -1.00. The molecule has 0 fully saturated rings. The molecule has 0 spiro atoms. The lowest BCUT2D eigenvalue weighted by molar-refractivity contribution is -0.127. The smallest absolute Gasteiger partial charge is 0.335 e. The molecule has 1 amide bonds. The van der Waals surface area contributed by atoms with Crippen LogP contribution >= 0.6 is 0 Å². The molecule has 0 saturated heterocycles. The number of carboxylic acids is 1. The third kappa shape index (κ3) is 2.30. The summed E-state index contributed by atoms with van der Waals surface area (Å²) in [5.41, 5.74) is 1.82. The van der Waals surface area contributed by atoms with Gasteiger partial charge in [-0.05, 0) is 23.8 Å². The lowest BCUT2D eigenvalue weighted by atomic mass is 9.87. The molecule has 3 rings (SSSR count). The standard InChI is InChI=1S/C17H15NO4/c1-18-16(19)15-14(10-5-3-2-4-6-10)12-9-11(17(20)21)7-8-13(12)22-15/h2-9,14-15H,1H3,(H,18,19)(H,20,21). The average Bonchev–Trinajstić information content (AvgIpc) is 2.93. The van der Waals surface area contributed by atoms with Gasteiger partial charge in [0, 0.05) is 12.6 Å². The number of hydrogen-bond donors (Lipinski definition) is 2. The topological polar surface area (TPSA) is 75.6 Å². The summed E-state index contributed by atoms with van der Waals surface area (Å²) in [7, 11) is 1.55. The van der Waals surface area contributed by atoms with Crippen LogP contribution in [-0.4, -0.2) is 30.1 Å². The van der Waals surface area contributed by atoms with Crippen molar-refractivity contribution in [3.8, 4) is 5.75 Å². The van der Waals surface area contributed by atoms with Crippen LogP contribution in [0.25, 0.3) is 0 Å². The zero-order valence-corrected chi connectivity index (χ0v) is 11.9. The Kier molecular flexibility index (Phi) is 3.55. The summed E-state index contributed by atoms with van der Waals surface area (Å²) in [5.74, 6) is -1.01. The number of benzene rings is 2. The molecule has 1 aliphatic heterocycles. The molecule has 0 aliphatic carbocycles. The molecule has 1 aliphatic rings. The zero-order chi connectivity index (χ0) is 15.7. The summed E-state index contributed by atoms with van der Waals surface area (Å²) in [6, 6.07) is 14.2. The fourth-order valence-corrected chi connectivity index (χ4v) is 2.76. The van der Waals surface area contributed by atoms with Crippen molar-refractivity contribution in [3.63, 3.8) is 0 Å². The van der Waals surface area contributed by atoms with Gasteiger partial charge in [0.25, 0.3) is 5.91 Å². The monoisotopic (exact) mass is 297 g/mol. The van der Waals surface area contributed by atoms with E-state index in [-0.39, 0.29) is 17.4 Å². The Labute approximate surface area is 127 Å². The highest BCUT2D eigenvalue weighted by molar-refractivity contribution is 5.89. The molecule has 112 valence electrons.